The first-order valence-corrected chi connectivity index (χ1v) is 9.38. The van der Waals surface area contributed by atoms with E-state index in [0.29, 0.717) is 25.1 Å². The van der Waals surface area contributed by atoms with Gasteiger partial charge in [0.1, 0.15) is 0 Å². The highest BCUT2D eigenvalue weighted by atomic mass is 16.2. The summed E-state index contributed by atoms with van der Waals surface area (Å²) >= 11 is 0. The number of amides is 3. The predicted molar refractivity (Wildman–Crippen MR) is 110 cm³/mol. The molecule has 0 bridgehead atoms. The van der Waals surface area contributed by atoms with Crippen molar-refractivity contribution in [2.75, 3.05) is 11.9 Å². The third-order valence-corrected chi connectivity index (χ3v) is 4.39. The second-order valence-electron chi connectivity index (χ2n) is 6.96. The predicted octanol–water partition coefficient (Wildman–Crippen LogP) is 2.09. The normalized spacial score (nSPS) is 12.9. The molecule has 150 valence electrons. The van der Waals surface area contributed by atoms with Gasteiger partial charge in [-0.1, -0.05) is 39.5 Å². The molecule has 1 aromatic carbocycles. The molecule has 0 aliphatic rings. The number of carbonyl (C=O) groups excluding carboxylic acids is 2. The molecule has 0 unspecified atom stereocenters. The molecule has 7 N–H and O–H groups in total. The molecule has 3 amide bonds. The molecule has 0 heterocycles. The van der Waals surface area contributed by atoms with Gasteiger partial charge in [0.15, 0.2) is 0 Å². The van der Waals surface area contributed by atoms with Crippen LogP contribution in [0, 0.1) is 5.92 Å². The quantitative estimate of drug-likeness (QED) is 0.380. The number of carbonyl (C=O) groups is 2. The standard InChI is InChI=1S/C20H33N5O2/c1-5-15-8-10-16(11-9-15)24-14(4)17(7-6-12-23-20(22)27)25-19(26)18(21)13(2)3/h8-11,13,17-18,24H,4-7,12,21H2,1-3H3,(H,25,26)(H3,22,23,27)/t17-,18-/m0/s1. The van der Waals surface area contributed by atoms with E-state index in [9.17, 15) is 9.59 Å². The molecule has 0 fully saturated rings. The maximum absolute atomic E-state index is 12.4. The fourth-order valence-corrected chi connectivity index (χ4v) is 2.52. The van der Waals surface area contributed by atoms with Gasteiger partial charge in [-0.25, -0.2) is 4.79 Å². The summed E-state index contributed by atoms with van der Waals surface area (Å²) < 4.78 is 0. The smallest absolute Gasteiger partial charge is 0.312 e. The van der Waals surface area contributed by atoms with E-state index >= 15 is 0 Å². The van der Waals surface area contributed by atoms with Crippen molar-refractivity contribution in [2.45, 2.75) is 52.1 Å². The van der Waals surface area contributed by atoms with Crippen LogP contribution in [0.15, 0.2) is 36.5 Å². The molecule has 0 aromatic heterocycles. The van der Waals surface area contributed by atoms with E-state index in [1.165, 1.54) is 5.56 Å². The van der Waals surface area contributed by atoms with Crippen molar-refractivity contribution in [2.24, 2.45) is 17.4 Å². The van der Waals surface area contributed by atoms with Crippen LogP contribution < -0.4 is 27.4 Å². The highest BCUT2D eigenvalue weighted by molar-refractivity contribution is 5.82. The number of benzene rings is 1. The summed E-state index contributed by atoms with van der Waals surface area (Å²) in [4.78, 5) is 23.2. The summed E-state index contributed by atoms with van der Waals surface area (Å²) in [7, 11) is 0. The topological polar surface area (TPSA) is 122 Å². The van der Waals surface area contributed by atoms with Crippen molar-refractivity contribution in [3.8, 4) is 0 Å². The molecular weight excluding hydrogens is 342 g/mol. The molecule has 27 heavy (non-hydrogen) atoms. The van der Waals surface area contributed by atoms with Crippen LogP contribution in [0.3, 0.4) is 0 Å². The van der Waals surface area contributed by atoms with Crippen LogP contribution in [-0.2, 0) is 11.2 Å². The second-order valence-corrected chi connectivity index (χ2v) is 6.96. The van der Waals surface area contributed by atoms with E-state index in [2.05, 4.69) is 41.6 Å². The molecule has 1 rings (SSSR count). The van der Waals surface area contributed by atoms with Gasteiger partial charge < -0.3 is 27.4 Å². The Balaban J connectivity index is 2.75. The molecule has 0 saturated carbocycles. The fourth-order valence-electron chi connectivity index (χ4n) is 2.52. The van der Waals surface area contributed by atoms with Gasteiger partial charge in [-0.2, -0.15) is 0 Å². The van der Waals surface area contributed by atoms with E-state index in [4.69, 9.17) is 11.5 Å². The van der Waals surface area contributed by atoms with Crippen molar-refractivity contribution >= 4 is 17.6 Å². The van der Waals surface area contributed by atoms with Crippen molar-refractivity contribution in [3.63, 3.8) is 0 Å². The zero-order valence-corrected chi connectivity index (χ0v) is 16.5. The van der Waals surface area contributed by atoms with Gasteiger partial charge in [-0.15, -0.1) is 0 Å². The number of hydrogen-bond acceptors (Lipinski definition) is 4. The zero-order chi connectivity index (χ0) is 20.4. The largest absolute Gasteiger partial charge is 0.358 e. The third-order valence-electron chi connectivity index (χ3n) is 4.39. The van der Waals surface area contributed by atoms with Crippen molar-refractivity contribution in [3.05, 3.63) is 42.1 Å². The van der Waals surface area contributed by atoms with E-state index in [1.54, 1.807) is 0 Å². The van der Waals surface area contributed by atoms with Gasteiger partial charge in [-0.3, -0.25) is 4.79 Å². The number of primary amides is 1. The number of anilines is 1. The lowest BCUT2D eigenvalue weighted by Gasteiger charge is -2.25. The average molecular weight is 376 g/mol. The van der Waals surface area contributed by atoms with E-state index in [-0.39, 0.29) is 17.9 Å². The first-order valence-electron chi connectivity index (χ1n) is 9.38. The molecule has 0 aliphatic heterocycles. The molecule has 7 nitrogen and oxygen atoms in total. The van der Waals surface area contributed by atoms with Gasteiger partial charge >= 0.3 is 6.03 Å². The summed E-state index contributed by atoms with van der Waals surface area (Å²) in [5.74, 6) is -0.188. The summed E-state index contributed by atoms with van der Waals surface area (Å²) in [6.45, 7) is 10.4. The maximum atomic E-state index is 12.4. The van der Waals surface area contributed by atoms with Gasteiger partial charge in [0.2, 0.25) is 5.91 Å². The van der Waals surface area contributed by atoms with Crippen LogP contribution in [-0.4, -0.2) is 30.6 Å². The van der Waals surface area contributed by atoms with Gasteiger partial charge in [-0.05, 0) is 42.9 Å². The molecule has 0 aliphatic carbocycles. The summed E-state index contributed by atoms with van der Waals surface area (Å²) in [6, 6.07) is 6.60. The lowest BCUT2D eigenvalue weighted by Crippen LogP contribution is -2.49. The maximum Gasteiger partial charge on any atom is 0.312 e. The first-order chi connectivity index (χ1) is 12.7. The van der Waals surface area contributed by atoms with E-state index in [0.717, 1.165) is 12.1 Å². The van der Waals surface area contributed by atoms with Crippen LogP contribution >= 0.6 is 0 Å². The summed E-state index contributed by atoms with van der Waals surface area (Å²) in [5, 5.41) is 8.76. The van der Waals surface area contributed by atoms with Crippen LogP contribution in [0.1, 0.15) is 39.2 Å². The molecule has 0 radical (unpaired) electrons. The Morgan fingerprint density at radius 2 is 1.81 bits per heavy atom. The Morgan fingerprint density at radius 3 is 2.33 bits per heavy atom. The Labute approximate surface area is 162 Å². The summed E-state index contributed by atoms with van der Waals surface area (Å²) in [5.41, 5.74) is 13.9. The number of rotatable bonds is 11. The zero-order valence-electron chi connectivity index (χ0n) is 16.5. The van der Waals surface area contributed by atoms with E-state index in [1.807, 2.05) is 26.0 Å². The number of urea groups is 1. The first kappa shape index (κ1) is 22.5. The highest BCUT2D eigenvalue weighted by Gasteiger charge is 2.22. The number of nitrogens with two attached hydrogens (primary N) is 2. The number of aryl methyl sites for hydroxylation is 1. The minimum absolute atomic E-state index is 0.0324. The molecule has 7 heteroatoms. The fraction of sp³-hybridized carbons (Fsp3) is 0.500. The Morgan fingerprint density at radius 1 is 1.19 bits per heavy atom. The van der Waals surface area contributed by atoms with Gasteiger partial charge in [0.25, 0.3) is 0 Å². The number of nitrogens with one attached hydrogen (secondary N) is 3. The lowest BCUT2D eigenvalue weighted by atomic mass is 10.0. The van der Waals surface area contributed by atoms with Crippen molar-refractivity contribution in [1.29, 1.82) is 0 Å². The molecular formula is C20H33N5O2. The molecule has 2 atom stereocenters. The number of hydrogen-bond donors (Lipinski definition) is 5. The highest BCUT2D eigenvalue weighted by Crippen LogP contribution is 2.16. The van der Waals surface area contributed by atoms with Crippen LogP contribution in [0.2, 0.25) is 0 Å². The van der Waals surface area contributed by atoms with Crippen molar-refractivity contribution < 1.29 is 9.59 Å². The Hall–Kier alpha value is -2.54. The Kier molecular flexibility index (Phi) is 9.36. The monoisotopic (exact) mass is 375 g/mol. The molecule has 1 aromatic rings. The minimum atomic E-state index is -0.590. The minimum Gasteiger partial charge on any atom is -0.358 e. The third kappa shape index (κ3) is 8.13. The van der Waals surface area contributed by atoms with Crippen LogP contribution in [0.5, 0.6) is 0 Å². The van der Waals surface area contributed by atoms with Gasteiger partial charge in [0.05, 0.1) is 12.1 Å². The van der Waals surface area contributed by atoms with Crippen molar-refractivity contribution in [1.82, 2.24) is 10.6 Å². The lowest BCUT2D eigenvalue weighted by molar-refractivity contribution is -0.123. The van der Waals surface area contributed by atoms with Crippen LogP contribution in [0.4, 0.5) is 10.5 Å². The molecule has 0 spiro atoms. The Bertz CT molecular complexity index is 628. The van der Waals surface area contributed by atoms with Crippen LogP contribution in [0.25, 0.3) is 0 Å². The second kappa shape index (κ2) is 11.2. The van der Waals surface area contributed by atoms with Gasteiger partial charge in [0, 0.05) is 17.9 Å². The van der Waals surface area contributed by atoms with E-state index < -0.39 is 12.1 Å². The summed E-state index contributed by atoms with van der Waals surface area (Å²) in [6.07, 6.45) is 2.20. The molecule has 0 saturated heterocycles. The average Bonchev–Trinajstić information content (AvgIpc) is 2.63. The SMILES string of the molecule is C=C(Nc1ccc(CC)cc1)[C@H](CCCNC(N)=O)NC(=O)[C@@H](N)C(C)C.